The highest BCUT2D eigenvalue weighted by Gasteiger charge is 2.08. The maximum absolute atomic E-state index is 10.7. The second-order valence-corrected chi connectivity index (χ2v) is 7.38. The van der Waals surface area contributed by atoms with Gasteiger partial charge in [0, 0.05) is 25.7 Å². The van der Waals surface area contributed by atoms with Crippen molar-refractivity contribution in [2.24, 2.45) is 0 Å². The number of hydrogen-bond acceptors (Lipinski definition) is 2. The van der Waals surface area contributed by atoms with E-state index in [-0.39, 0.29) is 6.42 Å². The van der Waals surface area contributed by atoms with Gasteiger partial charge >= 0.3 is 5.97 Å². The zero-order chi connectivity index (χ0) is 20.4. The number of rotatable bonds is 10. The summed E-state index contributed by atoms with van der Waals surface area (Å²) in [4.78, 5) is 12.7. The molecule has 0 bridgehead atoms. The lowest BCUT2D eigenvalue weighted by Crippen LogP contribution is -2.37. The molecule has 0 spiro atoms. The number of aryl methyl sites for hydroxylation is 1. The second-order valence-electron chi connectivity index (χ2n) is 6.99. The highest BCUT2D eigenvalue weighted by molar-refractivity contribution is 7.80. The van der Waals surface area contributed by atoms with Gasteiger partial charge in [-0.05, 0) is 53.9 Å². The standard InChI is InChI=1S/C23H30N2O2S/c1-3-4-5-6-16-24-23(28)25(2)21-9-7-8-20(17-21)19-13-10-18(11-14-19)12-15-22(26)27/h7-11,13-14,17H,3-6,12,15-16H2,1-2H3,(H,24,28)(H,26,27). The number of unbranched alkanes of at least 4 members (excludes halogenated alkanes) is 3. The van der Waals surface area contributed by atoms with E-state index in [2.05, 4.69) is 30.4 Å². The van der Waals surface area contributed by atoms with Gasteiger partial charge in [0.25, 0.3) is 0 Å². The Kier molecular flexibility index (Phi) is 8.95. The number of hydrogen-bond donors (Lipinski definition) is 2. The fourth-order valence-corrected chi connectivity index (χ4v) is 3.20. The van der Waals surface area contributed by atoms with Gasteiger partial charge in [0.15, 0.2) is 5.11 Å². The van der Waals surface area contributed by atoms with Crippen LogP contribution in [0.25, 0.3) is 11.1 Å². The predicted octanol–water partition coefficient (Wildman–Crippen LogP) is 5.26. The van der Waals surface area contributed by atoms with Gasteiger partial charge in [-0.15, -0.1) is 0 Å². The summed E-state index contributed by atoms with van der Waals surface area (Å²) >= 11 is 5.53. The number of carbonyl (C=O) groups is 1. The van der Waals surface area contributed by atoms with E-state index < -0.39 is 5.97 Å². The largest absolute Gasteiger partial charge is 0.481 e. The number of carboxylic acid groups (broad SMARTS) is 1. The lowest BCUT2D eigenvalue weighted by Gasteiger charge is -2.22. The maximum Gasteiger partial charge on any atom is 0.303 e. The zero-order valence-corrected chi connectivity index (χ0v) is 17.6. The first kappa shape index (κ1) is 21.9. The smallest absolute Gasteiger partial charge is 0.303 e. The van der Waals surface area contributed by atoms with E-state index in [1.165, 1.54) is 19.3 Å². The molecule has 4 nitrogen and oxygen atoms in total. The molecule has 2 rings (SSSR count). The molecule has 0 unspecified atom stereocenters. The average molecular weight is 399 g/mol. The summed E-state index contributed by atoms with van der Waals surface area (Å²) in [5, 5.41) is 12.9. The van der Waals surface area contributed by atoms with Gasteiger partial charge in [-0.2, -0.15) is 0 Å². The zero-order valence-electron chi connectivity index (χ0n) is 16.8. The van der Waals surface area contributed by atoms with Crippen LogP contribution >= 0.6 is 12.2 Å². The molecule has 0 amide bonds. The van der Waals surface area contributed by atoms with Crippen molar-refractivity contribution in [3.8, 4) is 11.1 Å². The van der Waals surface area contributed by atoms with Crippen LogP contribution in [0.15, 0.2) is 48.5 Å². The number of carboxylic acids is 1. The molecule has 0 aromatic heterocycles. The minimum Gasteiger partial charge on any atom is -0.481 e. The second kappa shape index (κ2) is 11.4. The maximum atomic E-state index is 10.7. The SMILES string of the molecule is CCCCCCNC(=S)N(C)c1cccc(-c2ccc(CCC(=O)O)cc2)c1. The quantitative estimate of drug-likeness (QED) is 0.422. The van der Waals surface area contributed by atoms with E-state index in [0.29, 0.717) is 6.42 Å². The average Bonchev–Trinajstić information content (AvgIpc) is 2.72. The molecular formula is C23H30N2O2S. The first-order valence-electron chi connectivity index (χ1n) is 9.94. The molecule has 0 saturated carbocycles. The molecule has 150 valence electrons. The third-order valence-electron chi connectivity index (χ3n) is 4.76. The Bertz CT molecular complexity index is 774. The number of anilines is 1. The van der Waals surface area contributed by atoms with Crippen LogP contribution in [0.5, 0.6) is 0 Å². The third-order valence-corrected chi connectivity index (χ3v) is 5.18. The van der Waals surface area contributed by atoms with Crippen molar-refractivity contribution in [1.29, 1.82) is 0 Å². The van der Waals surface area contributed by atoms with Crippen molar-refractivity contribution in [2.75, 3.05) is 18.5 Å². The summed E-state index contributed by atoms with van der Waals surface area (Å²) in [5.74, 6) is -0.769. The minimum absolute atomic E-state index is 0.155. The summed E-state index contributed by atoms with van der Waals surface area (Å²) in [5.41, 5.74) is 4.29. The molecule has 2 aromatic carbocycles. The van der Waals surface area contributed by atoms with E-state index in [9.17, 15) is 4.79 Å². The predicted molar refractivity (Wildman–Crippen MR) is 121 cm³/mol. The lowest BCUT2D eigenvalue weighted by molar-refractivity contribution is -0.136. The van der Waals surface area contributed by atoms with Crippen LogP contribution in [0, 0.1) is 0 Å². The molecule has 28 heavy (non-hydrogen) atoms. The summed E-state index contributed by atoms with van der Waals surface area (Å²) in [6.45, 7) is 3.11. The van der Waals surface area contributed by atoms with Crippen LogP contribution < -0.4 is 10.2 Å². The normalized spacial score (nSPS) is 10.5. The van der Waals surface area contributed by atoms with Crippen LogP contribution in [0.1, 0.15) is 44.6 Å². The molecule has 5 heteroatoms. The van der Waals surface area contributed by atoms with Crippen LogP contribution in [0.3, 0.4) is 0 Å². The first-order valence-corrected chi connectivity index (χ1v) is 10.3. The van der Waals surface area contributed by atoms with Gasteiger partial charge in [0.1, 0.15) is 0 Å². The van der Waals surface area contributed by atoms with Crippen molar-refractivity contribution in [3.05, 3.63) is 54.1 Å². The topological polar surface area (TPSA) is 52.6 Å². The molecule has 0 fully saturated rings. The summed E-state index contributed by atoms with van der Waals surface area (Å²) in [7, 11) is 1.98. The molecule has 0 heterocycles. The molecule has 0 radical (unpaired) electrons. The molecule has 0 aliphatic carbocycles. The summed E-state index contributed by atoms with van der Waals surface area (Å²) in [6, 6.07) is 16.4. The number of aliphatic carboxylic acids is 1. The Hall–Kier alpha value is -2.40. The number of thiocarbonyl (C=S) groups is 1. The molecule has 0 aliphatic rings. The van der Waals surface area contributed by atoms with Gasteiger partial charge in [-0.3, -0.25) is 4.79 Å². The lowest BCUT2D eigenvalue weighted by atomic mass is 10.0. The van der Waals surface area contributed by atoms with E-state index in [1.807, 2.05) is 42.3 Å². The first-order chi connectivity index (χ1) is 13.5. The number of benzene rings is 2. The van der Waals surface area contributed by atoms with Crippen LogP contribution in [-0.4, -0.2) is 29.8 Å². The van der Waals surface area contributed by atoms with Crippen molar-refractivity contribution < 1.29 is 9.90 Å². The molecular weight excluding hydrogens is 368 g/mol. The monoisotopic (exact) mass is 398 g/mol. The fraction of sp³-hybridized carbons (Fsp3) is 0.391. The Morgan fingerprint density at radius 3 is 2.50 bits per heavy atom. The van der Waals surface area contributed by atoms with Gasteiger partial charge < -0.3 is 15.3 Å². The fourth-order valence-electron chi connectivity index (χ4n) is 2.99. The Morgan fingerprint density at radius 2 is 1.82 bits per heavy atom. The third kappa shape index (κ3) is 6.97. The van der Waals surface area contributed by atoms with Gasteiger partial charge in [0.05, 0.1) is 0 Å². The minimum atomic E-state index is -0.769. The van der Waals surface area contributed by atoms with E-state index in [0.717, 1.165) is 40.5 Å². The van der Waals surface area contributed by atoms with Crippen LogP contribution in [0.2, 0.25) is 0 Å². The highest BCUT2D eigenvalue weighted by atomic mass is 32.1. The van der Waals surface area contributed by atoms with Gasteiger partial charge in [-0.25, -0.2) is 0 Å². The van der Waals surface area contributed by atoms with Crippen molar-refractivity contribution in [1.82, 2.24) is 5.32 Å². The molecule has 0 saturated heterocycles. The van der Waals surface area contributed by atoms with Crippen molar-refractivity contribution in [2.45, 2.75) is 45.4 Å². The molecule has 0 aliphatic heterocycles. The molecule has 2 N–H and O–H groups in total. The van der Waals surface area contributed by atoms with Crippen LogP contribution in [-0.2, 0) is 11.2 Å². The Labute approximate surface area is 173 Å². The van der Waals surface area contributed by atoms with Crippen LogP contribution in [0.4, 0.5) is 5.69 Å². The molecule has 0 atom stereocenters. The van der Waals surface area contributed by atoms with Crippen molar-refractivity contribution >= 4 is 29.0 Å². The molecule has 2 aromatic rings. The van der Waals surface area contributed by atoms with E-state index in [4.69, 9.17) is 17.3 Å². The Balaban J connectivity index is 1.98. The van der Waals surface area contributed by atoms with E-state index in [1.54, 1.807) is 0 Å². The highest BCUT2D eigenvalue weighted by Crippen LogP contribution is 2.25. The number of nitrogens with one attached hydrogen (secondary N) is 1. The number of nitrogens with zero attached hydrogens (tertiary/aromatic N) is 1. The summed E-state index contributed by atoms with van der Waals surface area (Å²) < 4.78 is 0. The van der Waals surface area contributed by atoms with Crippen molar-refractivity contribution in [3.63, 3.8) is 0 Å². The summed E-state index contributed by atoms with van der Waals surface area (Å²) in [6.07, 6.45) is 5.57. The van der Waals surface area contributed by atoms with Gasteiger partial charge in [-0.1, -0.05) is 62.6 Å². The van der Waals surface area contributed by atoms with Gasteiger partial charge in [0.2, 0.25) is 0 Å². The Morgan fingerprint density at radius 1 is 1.07 bits per heavy atom. The van der Waals surface area contributed by atoms with E-state index >= 15 is 0 Å².